The molecule has 3 heterocycles. The number of methoxy groups -OCH3 is 1. The first-order chi connectivity index (χ1) is 32.4. The number of ether oxygens (including phenoxy) is 4. The Balaban J connectivity index is 1.51. The van der Waals surface area contributed by atoms with Crippen LogP contribution in [0, 0.1) is 0 Å². The van der Waals surface area contributed by atoms with Gasteiger partial charge < -0.3 is 28.7 Å². The maximum Gasteiger partial charge on any atom is 0.333 e. The van der Waals surface area contributed by atoms with Crippen LogP contribution >= 0.6 is 0 Å². The topological polar surface area (TPSA) is 270 Å². The van der Waals surface area contributed by atoms with Gasteiger partial charge in [0.25, 0.3) is 42.2 Å². The molecule has 1 saturated heterocycles. The second-order valence-electron chi connectivity index (χ2n) is 17.2. The number of anilines is 1. The number of allylic oxidation sites excluding steroid dienone is 6. The minimum Gasteiger partial charge on any atom is -0.382 e. The zero-order valence-electron chi connectivity index (χ0n) is 39.4. The number of hydrogen-bond acceptors (Lipinski definition) is 15. The molecule has 2 amide bonds. The molecule has 0 spiro atoms. The van der Waals surface area contributed by atoms with Crippen molar-refractivity contribution in [1.82, 2.24) is 5.06 Å². The van der Waals surface area contributed by atoms with E-state index in [-0.39, 0.29) is 74.7 Å². The summed E-state index contributed by atoms with van der Waals surface area (Å²) in [4.78, 5) is 43.5. The molecular formula is C46H62N3O17S3+. The number of benzene rings is 2. The molecule has 2 atom stereocenters. The van der Waals surface area contributed by atoms with Crippen LogP contribution in [-0.2, 0) is 79.4 Å². The SMILES string of the molecule is CCN1/C(=C/C=C(C)/C=C/C2=[N+](CCCC(=O)ON3C(=O)CCC3=O)c3ccc(S(=O)(=O)O)cc3C2(C)CCOCCOCCOCCOC)C(C)(CCCS(=O)(=O)O)c2cc(S(=O)(=O)O)ccc21. The van der Waals surface area contributed by atoms with Crippen LogP contribution < -0.4 is 4.90 Å². The summed E-state index contributed by atoms with van der Waals surface area (Å²) in [6.45, 7) is 10.5. The number of hydrogen-bond donors (Lipinski definition) is 3. The lowest BCUT2D eigenvalue weighted by atomic mass is 9.76. The van der Waals surface area contributed by atoms with E-state index in [1.165, 1.54) is 24.3 Å². The molecule has 3 aliphatic rings. The molecule has 3 aliphatic heterocycles. The third-order valence-corrected chi connectivity index (χ3v) is 14.8. The van der Waals surface area contributed by atoms with Crippen LogP contribution in [0.3, 0.4) is 0 Å². The average Bonchev–Trinajstić information content (AvgIpc) is 3.81. The van der Waals surface area contributed by atoms with Gasteiger partial charge in [0.1, 0.15) is 6.54 Å². The summed E-state index contributed by atoms with van der Waals surface area (Å²) in [6.07, 6.45) is 7.77. The summed E-state index contributed by atoms with van der Waals surface area (Å²) >= 11 is 0. The predicted molar refractivity (Wildman–Crippen MR) is 252 cm³/mol. The Morgan fingerprint density at radius 3 is 1.94 bits per heavy atom. The third-order valence-electron chi connectivity index (χ3n) is 12.3. The number of likely N-dealkylation sites (N-methyl/N-ethyl adjacent to an activating group) is 1. The first kappa shape index (κ1) is 55.2. The van der Waals surface area contributed by atoms with Crippen molar-refractivity contribution in [2.75, 3.05) is 77.1 Å². The summed E-state index contributed by atoms with van der Waals surface area (Å²) in [6, 6.07) is 8.51. The zero-order valence-corrected chi connectivity index (χ0v) is 41.9. The quantitative estimate of drug-likeness (QED) is 0.0354. The van der Waals surface area contributed by atoms with Gasteiger partial charge in [-0.2, -0.15) is 29.8 Å². The highest BCUT2D eigenvalue weighted by atomic mass is 32.2. The van der Waals surface area contributed by atoms with Gasteiger partial charge in [-0.05, 0) is 88.9 Å². The molecule has 23 heteroatoms. The summed E-state index contributed by atoms with van der Waals surface area (Å²) in [7, 11) is -12.0. The monoisotopic (exact) mass is 1020 g/mol. The van der Waals surface area contributed by atoms with Gasteiger partial charge in [-0.25, -0.2) is 4.79 Å². The molecule has 0 saturated carbocycles. The molecular weight excluding hydrogens is 963 g/mol. The van der Waals surface area contributed by atoms with Crippen LogP contribution in [0.25, 0.3) is 0 Å². The Kier molecular flexibility index (Phi) is 18.8. The lowest BCUT2D eigenvalue weighted by Crippen LogP contribution is -2.33. The summed E-state index contributed by atoms with van der Waals surface area (Å²) in [5, 5.41) is 0.483. The fourth-order valence-corrected chi connectivity index (χ4v) is 10.2. The molecule has 20 nitrogen and oxygen atoms in total. The van der Waals surface area contributed by atoms with Crippen LogP contribution in [0.5, 0.6) is 0 Å². The smallest absolute Gasteiger partial charge is 0.333 e. The van der Waals surface area contributed by atoms with E-state index in [9.17, 15) is 53.3 Å². The van der Waals surface area contributed by atoms with Gasteiger partial charge in [0.15, 0.2) is 5.71 Å². The summed E-state index contributed by atoms with van der Waals surface area (Å²) in [5.74, 6) is -2.54. The standard InChI is InChI=1S/C46H61N3O17S3/c1-6-47-38-14-12-34(68(56,57)58)31-36(38)45(3,20-8-30-67(53,54)55)40(47)16-10-33(2)11-17-41-46(4,21-23-63-26-27-65-29-28-64-25-24-62-5)37-32-35(69(59,60)61)13-15-39(37)48(41)22-7-9-44(52)66-49-42(50)18-19-43(49)51/h10-17,31-32H,6-9,18-30H2,1-5H3,(H2-,53,54,55,56,57,58,59,60,61)/p+1. The van der Waals surface area contributed by atoms with Crippen molar-refractivity contribution in [2.24, 2.45) is 0 Å². The Hall–Kier alpha value is -4.69. The average molecular weight is 1030 g/mol. The van der Waals surface area contributed by atoms with Crippen LogP contribution in [0.1, 0.15) is 83.8 Å². The van der Waals surface area contributed by atoms with Crippen LogP contribution in [0.15, 0.2) is 81.8 Å². The highest BCUT2D eigenvalue weighted by Gasteiger charge is 2.48. The highest BCUT2D eigenvalue weighted by molar-refractivity contribution is 7.86. The molecule has 2 unspecified atom stereocenters. The summed E-state index contributed by atoms with van der Waals surface area (Å²) < 4.78 is 127. The first-order valence-electron chi connectivity index (χ1n) is 22.4. The van der Waals surface area contributed by atoms with Gasteiger partial charge in [-0.3, -0.25) is 23.2 Å². The van der Waals surface area contributed by atoms with Crippen molar-refractivity contribution in [3.8, 4) is 0 Å². The van der Waals surface area contributed by atoms with Crippen molar-refractivity contribution in [3.63, 3.8) is 0 Å². The number of amides is 2. The van der Waals surface area contributed by atoms with E-state index in [0.717, 1.165) is 0 Å². The molecule has 1 fully saturated rings. The van der Waals surface area contributed by atoms with Gasteiger partial charge in [-0.1, -0.05) is 17.7 Å². The Morgan fingerprint density at radius 1 is 0.783 bits per heavy atom. The van der Waals surface area contributed by atoms with E-state index in [0.29, 0.717) is 83.9 Å². The Morgan fingerprint density at radius 2 is 1.36 bits per heavy atom. The minimum absolute atomic E-state index is 0.0300. The van der Waals surface area contributed by atoms with Crippen molar-refractivity contribution in [1.29, 1.82) is 0 Å². The van der Waals surface area contributed by atoms with E-state index in [4.69, 9.17) is 23.8 Å². The number of carbonyl (C=O) groups is 3. The first-order valence-corrected chi connectivity index (χ1v) is 26.9. The van der Waals surface area contributed by atoms with E-state index >= 15 is 0 Å². The van der Waals surface area contributed by atoms with E-state index in [1.807, 2.05) is 61.5 Å². The fourth-order valence-electron chi connectivity index (χ4n) is 8.72. The van der Waals surface area contributed by atoms with E-state index in [2.05, 4.69) is 0 Å². The second-order valence-corrected chi connectivity index (χ2v) is 21.6. The molecule has 380 valence electrons. The number of fused-ring (bicyclic) bond motifs is 2. The molecule has 2 aromatic rings. The largest absolute Gasteiger partial charge is 0.382 e. The molecule has 2 aromatic carbocycles. The van der Waals surface area contributed by atoms with E-state index < -0.39 is 64.7 Å². The van der Waals surface area contributed by atoms with Crippen molar-refractivity contribution >= 4 is 65.2 Å². The molecule has 0 aliphatic carbocycles. The van der Waals surface area contributed by atoms with Gasteiger partial charge >= 0.3 is 5.97 Å². The van der Waals surface area contributed by atoms with Gasteiger partial charge in [0.2, 0.25) is 5.69 Å². The zero-order chi connectivity index (χ0) is 50.8. The number of hydroxylamine groups is 2. The van der Waals surface area contributed by atoms with Gasteiger partial charge in [0.05, 0.1) is 67.0 Å². The van der Waals surface area contributed by atoms with Gasteiger partial charge in [-0.15, -0.1) is 5.06 Å². The van der Waals surface area contributed by atoms with Crippen molar-refractivity contribution in [3.05, 3.63) is 83.1 Å². The normalized spacial score (nSPS) is 20.5. The third kappa shape index (κ3) is 14.0. The predicted octanol–water partition coefficient (Wildman–Crippen LogP) is 4.86. The Bertz CT molecular complexity index is 2700. The van der Waals surface area contributed by atoms with Gasteiger partial charge in [0, 0.05) is 74.0 Å². The van der Waals surface area contributed by atoms with Crippen LogP contribution in [0.2, 0.25) is 0 Å². The molecule has 0 radical (unpaired) electrons. The maximum atomic E-state index is 12.9. The van der Waals surface area contributed by atoms with Crippen LogP contribution in [-0.4, -0.2) is 144 Å². The minimum atomic E-state index is -4.64. The molecule has 0 bridgehead atoms. The Labute approximate surface area is 403 Å². The highest BCUT2D eigenvalue weighted by Crippen LogP contribution is 2.51. The number of imide groups is 1. The summed E-state index contributed by atoms with van der Waals surface area (Å²) in [5.41, 5.74) is 2.49. The van der Waals surface area contributed by atoms with E-state index in [1.54, 1.807) is 19.2 Å². The molecule has 69 heavy (non-hydrogen) atoms. The lowest BCUT2D eigenvalue weighted by Gasteiger charge is -2.30. The molecule has 5 rings (SSSR count). The maximum absolute atomic E-state index is 12.9. The molecule has 0 aromatic heterocycles. The lowest BCUT2D eigenvalue weighted by molar-refractivity contribution is -0.438. The number of rotatable bonds is 27. The number of carbonyl (C=O) groups excluding carboxylic acids is 3. The molecule has 3 N–H and O–H groups in total. The van der Waals surface area contributed by atoms with Crippen LogP contribution in [0.4, 0.5) is 11.4 Å². The second kappa shape index (κ2) is 23.5. The van der Waals surface area contributed by atoms with Crippen molar-refractivity contribution < 1.29 is 81.7 Å². The fraction of sp³-hybridized carbons (Fsp3) is 0.522. The number of nitrogens with zero attached hydrogens (tertiary/aromatic N) is 3. The van der Waals surface area contributed by atoms with Crippen molar-refractivity contribution in [2.45, 2.75) is 93.3 Å².